The molecule has 0 saturated heterocycles. The van der Waals surface area contributed by atoms with Gasteiger partial charge in [-0.05, 0) is 48.2 Å². The molecule has 2 aromatic rings. The third-order valence-corrected chi connectivity index (χ3v) is 5.65. The van der Waals surface area contributed by atoms with Crippen LogP contribution in [0.5, 0.6) is 11.5 Å². The summed E-state index contributed by atoms with van der Waals surface area (Å²) >= 11 is 0. The van der Waals surface area contributed by atoms with Crippen molar-refractivity contribution in [2.45, 2.75) is 33.1 Å². The maximum absolute atomic E-state index is 12.4. The Bertz CT molecular complexity index is 943. The number of nitrogens with one attached hydrogen (secondary N) is 1. The van der Waals surface area contributed by atoms with Crippen LogP contribution in [0, 0.1) is 0 Å². The van der Waals surface area contributed by atoms with Gasteiger partial charge in [0.15, 0.2) is 0 Å². The lowest BCUT2D eigenvalue weighted by atomic mass is 10.0. The molecular weight excluding hydrogens is 416 g/mol. The minimum absolute atomic E-state index is 0.270. The molecule has 0 atom stereocenters. The van der Waals surface area contributed by atoms with E-state index in [1.54, 1.807) is 24.3 Å². The fraction of sp³-hybridized carbons (Fsp3) is 0.435. The second-order valence-corrected chi connectivity index (χ2v) is 9.41. The van der Waals surface area contributed by atoms with Crippen LogP contribution >= 0.6 is 0 Å². The Morgan fingerprint density at radius 3 is 2.32 bits per heavy atom. The summed E-state index contributed by atoms with van der Waals surface area (Å²) in [6, 6.07) is 14.4. The minimum atomic E-state index is -3.63. The maximum Gasteiger partial charge on any atom is 0.240 e. The fourth-order valence-electron chi connectivity index (χ4n) is 2.96. The number of rotatable bonds is 12. The van der Waals surface area contributed by atoms with Gasteiger partial charge in [-0.25, -0.2) is 8.42 Å². The molecule has 0 radical (unpaired) electrons. The predicted octanol–water partition coefficient (Wildman–Crippen LogP) is 3.56. The highest BCUT2D eigenvalue weighted by Gasteiger charge is 2.20. The zero-order valence-corrected chi connectivity index (χ0v) is 19.4. The van der Waals surface area contributed by atoms with Gasteiger partial charge in [-0.3, -0.25) is 9.10 Å². The van der Waals surface area contributed by atoms with Gasteiger partial charge in [0, 0.05) is 0 Å². The molecule has 8 heteroatoms. The average Bonchev–Trinajstić information content (AvgIpc) is 2.73. The quantitative estimate of drug-likeness (QED) is 0.502. The number of sulfonamides is 1. The molecule has 0 aliphatic carbocycles. The minimum Gasteiger partial charge on any atom is -0.494 e. The summed E-state index contributed by atoms with van der Waals surface area (Å²) in [5.74, 6) is 1.36. The van der Waals surface area contributed by atoms with Crippen molar-refractivity contribution >= 4 is 21.6 Å². The molecule has 170 valence electrons. The van der Waals surface area contributed by atoms with Crippen LogP contribution in [-0.4, -0.2) is 46.9 Å². The largest absolute Gasteiger partial charge is 0.494 e. The summed E-state index contributed by atoms with van der Waals surface area (Å²) in [6.07, 6.45) is 1.96. The third kappa shape index (κ3) is 7.79. The molecule has 0 heterocycles. The van der Waals surface area contributed by atoms with Gasteiger partial charge in [0.1, 0.15) is 24.7 Å². The zero-order chi connectivity index (χ0) is 22.9. The van der Waals surface area contributed by atoms with Crippen LogP contribution < -0.4 is 19.1 Å². The van der Waals surface area contributed by atoms with Crippen molar-refractivity contribution in [2.24, 2.45) is 0 Å². The lowest BCUT2D eigenvalue weighted by molar-refractivity contribution is -0.119. The van der Waals surface area contributed by atoms with Crippen LogP contribution in [-0.2, 0) is 14.8 Å². The van der Waals surface area contributed by atoms with Crippen LogP contribution in [0.3, 0.4) is 0 Å². The maximum atomic E-state index is 12.4. The van der Waals surface area contributed by atoms with Crippen LogP contribution in [0.4, 0.5) is 5.69 Å². The Balaban J connectivity index is 1.92. The smallest absolute Gasteiger partial charge is 0.240 e. The van der Waals surface area contributed by atoms with Crippen LogP contribution in [0.2, 0.25) is 0 Å². The number of carbonyl (C=O) groups is 1. The van der Waals surface area contributed by atoms with E-state index in [9.17, 15) is 13.2 Å². The van der Waals surface area contributed by atoms with Gasteiger partial charge in [0.2, 0.25) is 15.9 Å². The van der Waals surface area contributed by atoms with Gasteiger partial charge < -0.3 is 14.8 Å². The van der Waals surface area contributed by atoms with Crippen molar-refractivity contribution < 1.29 is 22.7 Å². The van der Waals surface area contributed by atoms with Crippen molar-refractivity contribution in [3.8, 4) is 11.5 Å². The van der Waals surface area contributed by atoms with Crippen molar-refractivity contribution in [2.75, 3.05) is 36.9 Å². The first-order valence-corrected chi connectivity index (χ1v) is 12.3. The Kier molecular flexibility index (Phi) is 9.18. The van der Waals surface area contributed by atoms with E-state index in [2.05, 4.69) is 19.2 Å². The molecule has 0 unspecified atom stereocenters. The number of carbonyl (C=O) groups excluding carboxylic acids is 1. The van der Waals surface area contributed by atoms with E-state index in [-0.39, 0.29) is 19.7 Å². The van der Waals surface area contributed by atoms with Crippen molar-refractivity contribution in [1.29, 1.82) is 0 Å². The molecular formula is C23H32N2O5S. The highest BCUT2D eigenvalue weighted by Crippen LogP contribution is 2.25. The van der Waals surface area contributed by atoms with Gasteiger partial charge >= 0.3 is 0 Å². The van der Waals surface area contributed by atoms with E-state index >= 15 is 0 Å². The normalized spacial score (nSPS) is 11.3. The Morgan fingerprint density at radius 2 is 1.71 bits per heavy atom. The molecule has 0 spiro atoms. The number of nitrogens with zero attached hydrogens (tertiary/aromatic N) is 1. The summed E-state index contributed by atoms with van der Waals surface area (Å²) < 4.78 is 36.8. The summed E-state index contributed by atoms with van der Waals surface area (Å²) in [7, 11) is -3.63. The molecule has 2 aromatic carbocycles. The Labute approximate surface area is 185 Å². The number of anilines is 1. The summed E-state index contributed by atoms with van der Waals surface area (Å²) in [5.41, 5.74) is 1.51. The molecule has 1 amide bonds. The SMILES string of the molecule is CCCOc1ccc(N(CC(=O)NCCOc2ccccc2C(C)C)S(C)(=O)=O)cc1. The second kappa shape index (κ2) is 11.6. The van der Waals surface area contributed by atoms with E-state index in [4.69, 9.17) is 9.47 Å². The first kappa shape index (κ1) is 24.5. The van der Waals surface area contributed by atoms with Crippen LogP contribution in [0.1, 0.15) is 38.7 Å². The number of hydrogen-bond donors (Lipinski definition) is 1. The number of para-hydroxylation sites is 1. The number of hydrogen-bond acceptors (Lipinski definition) is 5. The van der Waals surface area contributed by atoms with E-state index < -0.39 is 15.9 Å². The van der Waals surface area contributed by atoms with E-state index in [1.165, 1.54) is 0 Å². The topological polar surface area (TPSA) is 84.9 Å². The van der Waals surface area contributed by atoms with Gasteiger partial charge in [0.25, 0.3) is 0 Å². The summed E-state index contributed by atoms with van der Waals surface area (Å²) in [5, 5.41) is 2.72. The molecule has 0 fully saturated rings. The average molecular weight is 449 g/mol. The number of benzene rings is 2. The van der Waals surface area contributed by atoms with Crippen molar-refractivity contribution in [3.05, 3.63) is 54.1 Å². The van der Waals surface area contributed by atoms with Crippen molar-refractivity contribution in [1.82, 2.24) is 5.32 Å². The molecule has 1 N–H and O–H groups in total. The standard InChI is InChI=1S/C23H32N2O5S/c1-5-15-29-20-12-10-19(11-13-20)25(31(4,27)28)17-23(26)24-14-16-30-22-9-7-6-8-21(22)18(2)3/h6-13,18H,5,14-17H2,1-4H3,(H,24,26). The molecule has 2 rings (SSSR count). The van der Waals surface area contributed by atoms with Gasteiger partial charge in [-0.1, -0.05) is 39.0 Å². The van der Waals surface area contributed by atoms with Gasteiger partial charge in [-0.2, -0.15) is 0 Å². The molecule has 0 aromatic heterocycles. The molecule has 0 bridgehead atoms. The van der Waals surface area contributed by atoms with E-state index in [1.807, 2.05) is 31.2 Å². The first-order chi connectivity index (χ1) is 14.7. The van der Waals surface area contributed by atoms with E-state index in [0.717, 1.165) is 28.3 Å². The zero-order valence-electron chi connectivity index (χ0n) is 18.6. The van der Waals surface area contributed by atoms with Gasteiger partial charge in [-0.15, -0.1) is 0 Å². The monoisotopic (exact) mass is 448 g/mol. The molecule has 7 nitrogen and oxygen atoms in total. The van der Waals surface area contributed by atoms with Gasteiger partial charge in [0.05, 0.1) is 25.1 Å². The lowest BCUT2D eigenvalue weighted by Gasteiger charge is -2.22. The molecule has 0 aliphatic rings. The number of amides is 1. The van der Waals surface area contributed by atoms with E-state index in [0.29, 0.717) is 24.0 Å². The van der Waals surface area contributed by atoms with Crippen LogP contribution in [0.25, 0.3) is 0 Å². The fourth-order valence-corrected chi connectivity index (χ4v) is 3.81. The molecule has 0 aliphatic heterocycles. The highest BCUT2D eigenvalue weighted by atomic mass is 32.2. The predicted molar refractivity (Wildman–Crippen MR) is 123 cm³/mol. The van der Waals surface area contributed by atoms with Crippen LogP contribution in [0.15, 0.2) is 48.5 Å². The third-order valence-electron chi connectivity index (χ3n) is 4.51. The summed E-state index contributed by atoms with van der Waals surface area (Å²) in [6.45, 7) is 7.02. The summed E-state index contributed by atoms with van der Waals surface area (Å²) in [4.78, 5) is 12.4. The lowest BCUT2D eigenvalue weighted by Crippen LogP contribution is -2.41. The second-order valence-electron chi connectivity index (χ2n) is 7.50. The highest BCUT2D eigenvalue weighted by molar-refractivity contribution is 7.92. The van der Waals surface area contributed by atoms with Crippen molar-refractivity contribution in [3.63, 3.8) is 0 Å². The number of ether oxygens (including phenoxy) is 2. The first-order valence-electron chi connectivity index (χ1n) is 10.4. The Hall–Kier alpha value is -2.74. The molecule has 31 heavy (non-hydrogen) atoms. The molecule has 0 saturated carbocycles. The Morgan fingerprint density at radius 1 is 1.03 bits per heavy atom.